The van der Waals surface area contributed by atoms with Crippen molar-refractivity contribution < 1.29 is 4.74 Å². The van der Waals surface area contributed by atoms with Gasteiger partial charge in [0, 0.05) is 0 Å². The van der Waals surface area contributed by atoms with E-state index in [9.17, 15) is 0 Å². The van der Waals surface area contributed by atoms with Gasteiger partial charge in [0.2, 0.25) is 0 Å². The number of ether oxygens (including phenoxy) is 1. The van der Waals surface area contributed by atoms with Gasteiger partial charge in [-0.15, -0.1) is 0 Å². The molecule has 0 aromatic carbocycles. The third-order valence-corrected chi connectivity index (χ3v) is 2.84. The first-order valence-corrected chi connectivity index (χ1v) is 5.50. The van der Waals surface area contributed by atoms with Crippen molar-refractivity contribution in [3.8, 4) is 0 Å². The molecule has 0 aliphatic carbocycles. The van der Waals surface area contributed by atoms with Crippen LogP contribution < -0.4 is 0 Å². The molecule has 0 radical (unpaired) electrons. The van der Waals surface area contributed by atoms with Crippen LogP contribution in [0.2, 0.25) is 0 Å². The molecule has 0 saturated carbocycles. The van der Waals surface area contributed by atoms with Crippen molar-refractivity contribution in [3.05, 3.63) is 0 Å². The zero-order chi connectivity index (χ0) is 8.81. The first-order chi connectivity index (χ1) is 5.88. The lowest BCUT2D eigenvalue weighted by atomic mass is 9.95. The van der Waals surface area contributed by atoms with Crippen LogP contribution in [0.5, 0.6) is 0 Å². The average Bonchev–Trinajstić information content (AvgIpc) is 2.88. The van der Waals surface area contributed by atoms with E-state index in [-0.39, 0.29) is 0 Å². The van der Waals surface area contributed by atoms with Crippen molar-refractivity contribution in [2.24, 2.45) is 5.92 Å². The molecule has 0 N–H and O–H groups in total. The maximum absolute atomic E-state index is 5.32. The van der Waals surface area contributed by atoms with E-state index in [1.807, 2.05) is 0 Å². The maximum Gasteiger partial charge on any atom is 0.0837 e. The van der Waals surface area contributed by atoms with Crippen molar-refractivity contribution in [1.82, 2.24) is 0 Å². The molecule has 2 atom stereocenters. The Kier molecular flexibility index (Phi) is 4.67. The molecule has 1 aliphatic heterocycles. The number of hydrogen-bond acceptors (Lipinski definition) is 1. The molecule has 0 amide bonds. The molecule has 0 spiro atoms. The summed E-state index contributed by atoms with van der Waals surface area (Å²) in [6.45, 7) is 5.58. The number of unbranched alkanes of at least 4 members (excludes halogenated alkanes) is 3. The maximum atomic E-state index is 5.32. The van der Waals surface area contributed by atoms with Gasteiger partial charge in [0.25, 0.3) is 0 Å². The first-order valence-electron chi connectivity index (χ1n) is 5.50. The van der Waals surface area contributed by atoms with Gasteiger partial charge in [-0.3, -0.25) is 0 Å². The Balaban J connectivity index is 1.95. The van der Waals surface area contributed by atoms with Crippen molar-refractivity contribution in [3.63, 3.8) is 0 Å². The normalized spacial score (nSPS) is 24.0. The van der Waals surface area contributed by atoms with Crippen molar-refractivity contribution in [2.75, 3.05) is 6.61 Å². The van der Waals surface area contributed by atoms with Crippen LogP contribution in [0.1, 0.15) is 52.4 Å². The van der Waals surface area contributed by atoms with Crippen molar-refractivity contribution >= 4 is 0 Å². The van der Waals surface area contributed by atoms with Crippen LogP contribution >= 0.6 is 0 Å². The highest BCUT2D eigenvalue weighted by Crippen LogP contribution is 2.27. The quantitative estimate of drug-likeness (QED) is 0.421. The monoisotopic (exact) mass is 170 g/mol. The lowest BCUT2D eigenvalue weighted by Crippen LogP contribution is -2.06. The second kappa shape index (κ2) is 5.58. The van der Waals surface area contributed by atoms with E-state index in [1.54, 1.807) is 0 Å². The molecule has 1 saturated heterocycles. The van der Waals surface area contributed by atoms with E-state index < -0.39 is 0 Å². The molecule has 0 aromatic heterocycles. The average molecular weight is 170 g/mol. The van der Waals surface area contributed by atoms with Crippen LogP contribution in [0.4, 0.5) is 0 Å². The minimum Gasteiger partial charge on any atom is -0.373 e. The van der Waals surface area contributed by atoms with Crippen LogP contribution in [0.15, 0.2) is 0 Å². The van der Waals surface area contributed by atoms with E-state index in [2.05, 4.69) is 13.8 Å². The summed E-state index contributed by atoms with van der Waals surface area (Å²) < 4.78 is 5.32. The van der Waals surface area contributed by atoms with Crippen LogP contribution in [0, 0.1) is 5.92 Å². The highest BCUT2D eigenvalue weighted by atomic mass is 16.6. The standard InChI is InChI=1S/C11H22O/c1-3-5-6-7-8-10(4-2)11-9-12-11/h10-11H,3-9H2,1-2H3. The topological polar surface area (TPSA) is 12.5 Å². The van der Waals surface area contributed by atoms with Crippen LogP contribution in [0.25, 0.3) is 0 Å². The summed E-state index contributed by atoms with van der Waals surface area (Å²) in [4.78, 5) is 0. The Morgan fingerprint density at radius 3 is 2.50 bits per heavy atom. The Morgan fingerprint density at radius 2 is 2.00 bits per heavy atom. The summed E-state index contributed by atoms with van der Waals surface area (Å²) >= 11 is 0. The van der Waals surface area contributed by atoms with E-state index in [0.29, 0.717) is 6.10 Å². The number of hydrogen-bond donors (Lipinski definition) is 0. The molecule has 2 unspecified atom stereocenters. The molecule has 0 aromatic rings. The third-order valence-electron chi connectivity index (χ3n) is 2.84. The van der Waals surface area contributed by atoms with Gasteiger partial charge >= 0.3 is 0 Å². The molecular weight excluding hydrogens is 148 g/mol. The summed E-state index contributed by atoms with van der Waals surface area (Å²) in [5, 5.41) is 0. The second-order valence-electron chi connectivity index (χ2n) is 3.89. The summed E-state index contributed by atoms with van der Waals surface area (Å²) in [5.41, 5.74) is 0. The van der Waals surface area contributed by atoms with Crippen LogP contribution in [-0.2, 0) is 4.74 Å². The van der Waals surface area contributed by atoms with Gasteiger partial charge in [-0.2, -0.15) is 0 Å². The Morgan fingerprint density at radius 1 is 1.25 bits per heavy atom. The fraction of sp³-hybridized carbons (Fsp3) is 1.00. The second-order valence-corrected chi connectivity index (χ2v) is 3.89. The molecule has 1 nitrogen and oxygen atoms in total. The molecule has 1 heterocycles. The Hall–Kier alpha value is -0.0400. The summed E-state index contributed by atoms with van der Waals surface area (Å²) in [6.07, 6.45) is 8.90. The number of epoxide rings is 1. The van der Waals surface area contributed by atoms with Gasteiger partial charge in [-0.05, 0) is 12.3 Å². The van der Waals surface area contributed by atoms with Crippen molar-refractivity contribution in [2.45, 2.75) is 58.5 Å². The molecule has 12 heavy (non-hydrogen) atoms. The molecule has 1 aliphatic rings. The van der Waals surface area contributed by atoms with Gasteiger partial charge in [0.15, 0.2) is 0 Å². The lowest BCUT2D eigenvalue weighted by Gasteiger charge is -2.10. The van der Waals surface area contributed by atoms with Crippen molar-refractivity contribution in [1.29, 1.82) is 0 Å². The Labute approximate surface area is 76.5 Å². The number of rotatable bonds is 7. The minimum absolute atomic E-state index is 0.636. The largest absolute Gasteiger partial charge is 0.373 e. The molecular formula is C11H22O. The summed E-state index contributed by atoms with van der Waals surface area (Å²) in [6, 6.07) is 0. The van der Waals surface area contributed by atoms with Gasteiger partial charge < -0.3 is 4.74 Å². The van der Waals surface area contributed by atoms with E-state index >= 15 is 0 Å². The predicted octanol–water partition coefficient (Wildman–Crippen LogP) is 3.38. The SMILES string of the molecule is CCCCCCC(CC)C1CO1. The molecule has 1 rings (SSSR count). The summed E-state index contributed by atoms with van der Waals surface area (Å²) in [7, 11) is 0. The Bertz CT molecular complexity index is 108. The van der Waals surface area contributed by atoms with E-state index in [4.69, 9.17) is 4.74 Å². The smallest absolute Gasteiger partial charge is 0.0837 e. The molecule has 0 bridgehead atoms. The molecule has 72 valence electrons. The van der Waals surface area contributed by atoms with Crippen LogP contribution in [0.3, 0.4) is 0 Å². The molecule has 1 heteroatoms. The highest BCUT2D eigenvalue weighted by Gasteiger charge is 2.30. The van der Waals surface area contributed by atoms with E-state index in [0.717, 1.165) is 12.5 Å². The summed E-state index contributed by atoms with van der Waals surface area (Å²) in [5.74, 6) is 0.863. The van der Waals surface area contributed by atoms with Gasteiger partial charge in [-0.1, -0.05) is 46.0 Å². The third kappa shape index (κ3) is 3.57. The highest BCUT2D eigenvalue weighted by molar-refractivity contribution is 4.77. The first kappa shape index (κ1) is 10.0. The predicted molar refractivity (Wildman–Crippen MR) is 52.3 cm³/mol. The fourth-order valence-corrected chi connectivity index (χ4v) is 1.81. The fourth-order valence-electron chi connectivity index (χ4n) is 1.81. The minimum atomic E-state index is 0.636. The van der Waals surface area contributed by atoms with E-state index in [1.165, 1.54) is 38.5 Å². The zero-order valence-corrected chi connectivity index (χ0v) is 8.51. The van der Waals surface area contributed by atoms with Gasteiger partial charge in [-0.25, -0.2) is 0 Å². The lowest BCUT2D eigenvalue weighted by molar-refractivity contribution is 0.302. The zero-order valence-electron chi connectivity index (χ0n) is 8.51. The van der Waals surface area contributed by atoms with Gasteiger partial charge in [0.05, 0.1) is 12.7 Å². The molecule has 1 fully saturated rings. The van der Waals surface area contributed by atoms with Gasteiger partial charge in [0.1, 0.15) is 0 Å². The van der Waals surface area contributed by atoms with Crippen LogP contribution in [-0.4, -0.2) is 12.7 Å².